The number of hydrogen-bond acceptors (Lipinski definition) is 3. The highest BCUT2D eigenvalue weighted by Crippen LogP contribution is 2.37. The van der Waals surface area contributed by atoms with E-state index in [1.807, 2.05) is 27.7 Å². The molecule has 2 unspecified atom stereocenters. The molecule has 1 N–H and O–H groups in total. The van der Waals surface area contributed by atoms with Crippen molar-refractivity contribution in [2.45, 2.75) is 115 Å². The summed E-state index contributed by atoms with van der Waals surface area (Å²) in [5.74, 6) is 3.79. The van der Waals surface area contributed by atoms with Crippen LogP contribution in [0.4, 0.5) is 0 Å². The molecule has 0 bridgehead atoms. The number of aryl methyl sites for hydroxylation is 1. The van der Waals surface area contributed by atoms with Crippen LogP contribution in [0.15, 0.2) is 40.9 Å². The van der Waals surface area contributed by atoms with E-state index < -0.39 is 0 Å². The highest BCUT2D eigenvalue weighted by molar-refractivity contribution is 5.68. The van der Waals surface area contributed by atoms with E-state index in [2.05, 4.69) is 84.2 Å². The van der Waals surface area contributed by atoms with Crippen LogP contribution in [-0.4, -0.2) is 29.6 Å². The minimum atomic E-state index is -0.250. The van der Waals surface area contributed by atoms with E-state index in [0.29, 0.717) is 5.41 Å². The molecule has 1 aliphatic rings. The number of likely N-dealkylation sites (tertiary alicyclic amines) is 1. The standard InChI is InChI=1S/C25H41NO.C5H10.C2H6.CH2O2/c1-9-11-20-13-21(25(6,7)8)16-26(15-20)17-22-14-23(24(10-2)27-22)19(5)12-18(3)4;1-3-5-4-2;1-2;2-1-3/h12,14,20-21H,3,9-11,13,15-17H2,1-2,4-8H3;3,5H,4H2,1-2H3;1-2H3;1H,(H,2,3)/b19-12+;5-3+;;. The lowest BCUT2D eigenvalue weighted by Crippen LogP contribution is -2.44. The summed E-state index contributed by atoms with van der Waals surface area (Å²) >= 11 is 0. The average molecular weight is 518 g/mol. The Bertz CT molecular complexity index is 795. The van der Waals surface area contributed by atoms with Crippen molar-refractivity contribution in [2.24, 2.45) is 17.3 Å². The van der Waals surface area contributed by atoms with Crippen LogP contribution in [0.5, 0.6) is 0 Å². The molecule has 1 fully saturated rings. The molecule has 1 aliphatic heterocycles. The molecule has 0 spiro atoms. The summed E-state index contributed by atoms with van der Waals surface area (Å²) < 4.78 is 6.27. The molecule has 0 saturated carbocycles. The van der Waals surface area contributed by atoms with Crippen molar-refractivity contribution >= 4 is 12.0 Å². The van der Waals surface area contributed by atoms with Gasteiger partial charge in [0.2, 0.25) is 0 Å². The molecule has 0 amide bonds. The minimum Gasteiger partial charge on any atom is -0.483 e. The molecule has 0 radical (unpaired) electrons. The number of hydrogen-bond donors (Lipinski definition) is 1. The van der Waals surface area contributed by atoms with Gasteiger partial charge in [0.1, 0.15) is 11.5 Å². The van der Waals surface area contributed by atoms with Crippen molar-refractivity contribution in [2.75, 3.05) is 13.1 Å². The summed E-state index contributed by atoms with van der Waals surface area (Å²) in [5, 5.41) is 6.89. The van der Waals surface area contributed by atoms with Crippen LogP contribution in [-0.2, 0) is 17.8 Å². The average Bonchev–Trinajstić information content (AvgIpc) is 3.24. The van der Waals surface area contributed by atoms with Gasteiger partial charge in [0.05, 0.1) is 6.54 Å². The second kappa shape index (κ2) is 20.9. The smallest absolute Gasteiger partial charge is 0.290 e. The van der Waals surface area contributed by atoms with Gasteiger partial charge in [-0.15, -0.1) is 0 Å². The molecule has 37 heavy (non-hydrogen) atoms. The van der Waals surface area contributed by atoms with Crippen LogP contribution >= 0.6 is 0 Å². The summed E-state index contributed by atoms with van der Waals surface area (Å²) in [4.78, 5) is 11.0. The molecule has 214 valence electrons. The number of carbonyl (C=O) groups is 1. The van der Waals surface area contributed by atoms with Gasteiger partial charge in [0, 0.05) is 25.1 Å². The molecule has 2 rings (SSSR count). The molecule has 4 nitrogen and oxygen atoms in total. The highest BCUT2D eigenvalue weighted by atomic mass is 16.3. The molecule has 2 heterocycles. The van der Waals surface area contributed by atoms with Crippen molar-refractivity contribution in [3.63, 3.8) is 0 Å². The third-order valence-corrected chi connectivity index (χ3v) is 6.45. The number of rotatable bonds is 8. The monoisotopic (exact) mass is 517 g/mol. The number of furan rings is 1. The Morgan fingerprint density at radius 3 is 2.19 bits per heavy atom. The van der Waals surface area contributed by atoms with Crippen LogP contribution < -0.4 is 0 Å². The summed E-state index contributed by atoms with van der Waals surface area (Å²) in [6.45, 7) is 31.1. The van der Waals surface area contributed by atoms with Gasteiger partial charge in [-0.05, 0) is 68.9 Å². The fraction of sp³-hybridized carbons (Fsp3) is 0.667. The van der Waals surface area contributed by atoms with Gasteiger partial charge in [-0.25, -0.2) is 0 Å². The maximum Gasteiger partial charge on any atom is 0.290 e. The number of allylic oxidation sites excluding steroid dienone is 5. The molecular formula is C33H59NO3. The number of nitrogens with zero attached hydrogens (tertiary/aromatic N) is 1. The zero-order chi connectivity index (χ0) is 29.0. The Hall–Kier alpha value is -2.07. The van der Waals surface area contributed by atoms with Crippen molar-refractivity contribution in [3.8, 4) is 0 Å². The van der Waals surface area contributed by atoms with E-state index in [1.165, 1.54) is 43.5 Å². The quantitative estimate of drug-likeness (QED) is 0.212. The Morgan fingerprint density at radius 2 is 1.78 bits per heavy atom. The summed E-state index contributed by atoms with van der Waals surface area (Å²) in [5.41, 5.74) is 3.96. The lowest BCUT2D eigenvalue weighted by atomic mass is 9.72. The molecular weight excluding hydrogens is 458 g/mol. The van der Waals surface area contributed by atoms with Gasteiger partial charge < -0.3 is 9.52 Å². The maximum atomic E-state index is 8.36. The lowest BCUT2D eigenvalue weighted by molar-refractivity contribution is -0.122. The lowest BCUT2D eigenvalue weighted by Gasteiger charge is -2.43. The van der Waals surface area contributed by atoms with Crippen molar-refractivity contribution in [3.05, 3.63) is 53.5 Å². The largest absolute Gasteiger partial charge is 0.483 e. The third-order valence-electron chi connectivity index (χ3n) is 6.45. The van der Waals surface area contributed by atoms with E-state index >= 15 is 0 Å². The fourth-order valence-corrected chi connectivity index (χ4v) is 4.74. The van der Waals surface area contributed by atoms with Crippen molar-refractivity contribution in [1.82, 2.24) is 4.90 Å². The fourth-order valence-electron chi connectivity index (χ4n) is 4.74. The topological polar surface area (TPSA) is 53.7 Å². The second-order valence-electron chi connectivity index (χ2n) is 10.8. The van der Waals surface area contributed by atoms with Gasteiger partial charge in [-0.3, -0.25) is 9.69 Å². The molecule has 0 aliphatic carbocycles. The van der Waals surface area contributed by atoms with Crippen LogP contribution in [0.2, 0.25) is 0 Å². The summed E-state index contributed by atoms with van der Waals surface area (Å²) in [6.07, 6.45) is 12.4. The predicted molar refractivity (Wildman–Crippen MR) is 163 cm³/mol. The van der Waals surface area contributed by atoms with E-state index in [0.717, 1.165) is 48.3 Å². The first kappa shape index (κ1) is 37.1. The van der Waals surface area contributed by atoms with Crippen LogP contribution in [0.3, 0.4) is 0 Å². The normalized spacial score (nSPS) is 18.1. The maximum absolute atomic E-state index is 8.36. The van der Waals surface area contributed by atoms with Gasteiger partial charge >= 0.3 is 0 Å². The number of carboxylic acid groups (broad SMARTS) is 1. The van der Waals surface area contributed by atoms with Gasteiger partial charge in [-0.2, -0.15) is 0 Å². The summed E-state index contributed by atoms with van der Waals surface area (Å²) in [6, 6.07) is 2.27. The van der Waals surface area contributed by atoms with E-state index in [9.17, 15) is 0 Å². The van der Waals surface area contributed by atoms with Crippen LogP contribution in [0.1, 0.15) is 119 Å². The Labute approximate surface area is 229 Å². The Morgan fingerprint density at radius 1 is 1.19 bits per heavy atom. The first-order valence-corrected chi connectivity index (χ1v) is 14.3. The first-order valence-electron chi connectivity index (χ1n) is 14.3. The predicted octanol–water partition coefficient (Wildman–Crippen LogP) is 9.81. The molecule has 4 heteroatoms. The highest BCUT2D eigenvalue weighted by Gasteiger charge is 2.34. The first-order chi connectivity index (χ1) is 17.5. The zero-order valence-electron chi connectivity index (χ0n) is 26.1. The molecule has 1 aromatic rings. The van der Waals surface area contributed by atoms with E-state index in [4.69, 9.17) is 14.3 Å². The summed E-state index contributed by atoms with van der Waals surface area (Å²) in [7, 11) is 0. The second-order valence-corrected chi connectivity index (χ2v) is 10.8. The van der Waals surface area contributed by atoms with Crippen molar-refractivity contribution < 1.29 is 14.3 Å². The molecule has 1 aromatic heterocycles. The SMILES string of the molecule is C/C=C/CC.C=C(C)/C=C(\C)c1cc(CN2CC(CCC)CC(C(C)(C)C)C2)oc1CC.CC.O=CO. The molecule has 1 saturated heterocycles. The third kappa shape index (κ3) is 15.7. The van der Waals surface area contributed by atoms with Crippen LogP contribution in [0, 0.1) is 17.3 Å². The Kier molecular flexibility index (Phi) is 21.0. The van der Waals surface area contributed by atoms with Gasteiger partial charge in [0.25, 0.3) is 6.47 Å². The van der Waals surface area contributed by atoms with Gasteiger partial charge in [-0.1, -0.05) is 92.2 Å². The zero-order valence-corrected chi connectivity index (χ0v) is 26.1. The minimum absolute atomic E-state index is 0.250. The number of piperidine rings is 1. The molecule has 2 atom stereocenters. The van der Waals surface area contributed by atoms with Gasteiger partial charge in [0.15, 0.2) is 0 Å². The molecule has 0 aromatic carbocycles. The van der Waals surface area contributed by atoms with E-state index in [-0.39, 0.29) is 6.47 Å². The van der Waals surface area contributed by atoms with Crippen LogP contribution in [0.25, 0.3) is 5.57 Å². The Balaban J connectivity index is 0. The van der Waals surface area contributed by atoms with Crippen molar-refractivity contribution in [1.29, 1.82) is 0 Å². The van der Waals surface area contributed by atoms with E-state index in [1.54, 1.807) is 0 Å².